The van der Waals surface area contributed by atoms with E-state index in [4.69, 9.17) is 0 Å². The maximum atomic E-state index is 12.2. The molecular weight excluding hydrogens is 294 g/mol. The fraction of sp³-hybridized carbons (Fsp3) is 0. The zero-order valence-electron chi connectivity index (χ0n) is 11.5. The van der Waals surface area contributed by atoms with Crippen LogP contribution in [0.4, 0.5) is 0 Å². The van der Waals surface area contributed by atoms with Gasteiger partial charge in [0.15, 0.2) is 0 Å². The van der Waals surface area contributed by atoms with Crippen molar-refractivity contribution in [2.24, 2.45) is 0 Å². The van der Waals surface area contributed by atoms with E-state index in [1.807, 2.05) is 41.8 Å². The van der Waals surface area contributed by atoms with Gasteiger partial charge >= 0.3 is 0 Å². The smallest absolute Gasteiger partial charge is 0.213 e. The summed E-state index contributed by atoms with van der Waals surface area (Å²) < 4.78 is 1.70. The Balaban J connectivity index is 1.90. The van der Waals surface area contributed by atoms with Crippen LogP contribution in [0.25, 0.3) is 11.8 Å². The van der Waals surface area contributed by atoms with Gasteiger partial charge in [0.2, 0.25) is 5.78 Å². The molecule has 0 unspecified atom stereocenters. The summed E-state index contributed by atoms with van der Waals surface area (Å²) in [6, 6.07) is 15.1. The van der Waals surface area contributed by atoms with Crippen molar-refractivity contribution >= 4 is 23.2 Å². The van der Waals surface area contributed by atoms with Crippen molar-refractivity contribution in [3.05, 3.63) is 76.3 Å². The molecule has 0 atom stereocenters. The molecule has 0 radical (unpaired) electrons. The van der Waals surface area contributed by atoms with Gasteiger partial charge in [-0.05, 0) is 29.7 Å². The average molecular weight is 305 g/mol. The van der Waals surface area contributed by atoms with Crippen molar-refractivity contribution < 1.29 is 4.79 Å². The highest BCUT2D eigenvalue weighted by atomic mass is 32.1. The number of thiophene rings is 1. The van der Waals surface area contributed by atoms with Crippen LogP contribution < -0.4 is 0 Å². The average Bonchev–Trinajstić information content (AvgIpc) is 3.24. The molecule has 1 aromatic carbocycles. The van der Waals surface area contributed by atoms with Gasteiger partial charge in [0, 0.05) is 11.8 Å². The minimum absolute atomic E-state index is 0.107. The first-order chi connectivity index (χ1) is 10.8. The Morgan fingerprint density at radius 3 is 2.73 bits per heavy atom. The van der Waals surface area contributed by atoms with Crippen molar-refractivity contribution in [2.45, 2.75) is 0 Å². The highest BCUT2D eigenvalue weighted by Crippen LogP contribution is 2.17. The van der Waals surface area contributed by atoms with E-state index in [0.717, 1.165) is 5.69 Å². The first kappa shape index (κ1) is 14.0. The SMILES string of the molecule is N#C/C(=C\c1cnn(-c2ccccc2)c1)C(=O)c1cccs1. The van der Waals surface area contributed by atoms with Gasteiger partial charge < -0.3 is 0 Å². The predicted octanol–water partition coefficient (Wildman–Crippen LogP) is 3.72. The van der Waals surface area contributed by atoms with Crippen LogP contribution in [-0.2, 0) is 0 Å². The van der Waals surface area contributed by atoms with Crippen LogP contribution in [0.2, 0.25) is 0 Å². The lowest BCUT2D eigenvalue weighted by atomic mass is 10.1. The number of hydrogen-bond donors (Lipinski definition) is 0. The molecule has 22 heavy (non-hydrogen) atoms. The maximum absolute atomic E-state index is 12.2. The fourth-order valence-electron chi connectivity index (χ4n) is 1.99. The number of carbonyl (C=O) groups excluding carboxylic acids is 1. The first-order valence-electron chi connectivity index (χ1n) is 6.58. The summed E-state index contributed by atoms with van der Waals surface area (Å²) in [6.07, 6.45) is 4.98. The molecule has 0 N–H and O–H groups in total. The second-order valence-electron chi connectivity index (χ2n) is 4.53. The van der Waals surface area contributed by atoms with Crippen LogP contribution in [0.15, 0.2) is 65.8 Å². The number of hydrogen-bond acceptors (Lipinski definition) is 4. The number of rotatable bonds is 4. The quantitative estimate of drug-likeness (QED) is 0.419. The molecule has 2 aromatic heterocycles. The van der Waals surface area contributed by atoms with Gasteiger partial charge in [-0.3, -0.25) is 4.79 Å². The topological polar surface area (TPSA) is 58.7 Å². The van der Waals surface area contributed by atoms with Crippen molar-refractivity contribution in [3.8, 4) is 11.8 Å². The lowest BCUT2D eigenvalue weighted by Gasteiger charge is -1.98. The van der Waals surface area contributed by atoms with Crippen molar-refractivity contribution in [3.63, 3.8) is 0 Å². The van der Waals surface area contributed by atoms with Gasteiger partial charge in [0.05, 0.1) is 16.8 Å². The standard InChI is InChI=1S/C17H11N3OS/c18-10-14(17(21)16-7-4-8-22-16)9-13-11-19-20(12-13)15-5-2-1-3-6-15/h1-9,11-12H/b14-9+. The third kappa shape index (κ3) is 2.87. The second kappa shape index (κ2) is 6.20. The van der Waals surface area contributed by atoms with Crippen LogP contribution in [0, 0.1) is 11.3 Å². The molecule has 0 saturated heterocycles. The summed E-state index contributed by atoms with van der Waals surface area (Å²) in [5, 5.41) is 15.3. The lowest BCUT2D eigenvalue weighted by Crippen LogP contribution is -1.98. The van der Waals surface area contributed by atoms with Crippen molar-refractivity contribution in [1.29, 1.82) is 5.26 Å². The van der Waals surface area contributed by atoms with Gasteiger partial charge in [-0.1, -0.05) is 24.3 Å². The zero-order chi connectivity index (χ0) is 15.4. The molecule has 4 nitrogen and oxygen atoms in total. The minimum atomic E-state index is -0.259. The Hall–Kier alpha value is -2.97. The third-order valence-electron chi connectivity index (χ3n) is 3.04. The van der Waals surface area contributed by atoms with E-state index in [0.29, 0.717) is 10.4 Å². The number of benzene rings is 1. The van der Waals surface area contributed by atoms with Gasteiger partial charge in [-0.25, -0.2) is 4.68 Å². The molecule has 2 heterocycles. The molecule has 0 fully saturated rings. The zero-order valence-corrected chi connectivity index (χ0v) is 12.3. The first-order valence-corrected chi connectivity index (χ1v) is 7.46. The van der Waals surface area contributed by atoms with Gasteiger partial charge in [0.1, 0.15) is 11.6 Å². The van der Waals surface area contributed by atoms with E-state index in [9.17, 15) is 10.1 Å². The molecule has 0 aliphatic heterocycles. The number of ketones is 1. The summed E-state index contributed by atoms with van der Waals surface area (Å²) in [7, 11) is 0. The molecule has 3 aromatic rings. The Bertz CT molecular complexity index is 855. The normalized spacial score (nSPS) is 11.1. The van der Waals surface area contributed by atoms with Gasteiger partial charge in [-0.15, -0.1) is 11.3 Å². The lowest BCUT2D eigenvalue weighted by molar-refractivity contribution is 0.104. The van der Waals surface area contributed by atoms with E-state index >= 15 is 0 Å². The molecule has 0 aliphatic rings. The number of carbonyl (C=O) groups is 1. The fourth-order valence-corrected chi connectivity index (χ4v) is 2.67. The molecule has 106 valence electrons. The molecule has 0 amide bonds. The predicted molar refractivity (Wildman–Crippen MR) is 85.8 cm³/mol. The van der Waals surface area contributed by atoms with Crippen LogP contribution in [0.3, 0.4) is 0 Å². The molecule has 3 rings (SSSR count). The number of nitrogens with zero attached hydrogens (tertiary/aromatic N) is 3. The van der Waals surface area contributed by atoms with Crippen molar-refractivity contribution in [2.75, 3.05) is 0 Å². The highest BCUT2D eigenvalue weighted by Gasteiger charge is 2.13. The number of allylic oxidation sites excluding steroid dienone is 1. The molecule has 5 heteroatoms. The summed E-state index contributed by atoms with van der Waals surface area (Å²) in [6.45, 7) is 0. The monoisotopic (exact) mass is 305 g/mol. The Kier molecular flexibility index (Phi) is 3.95. The van der Waals surface area contributed by atoms with Gasteiger partial charge in [-0.2, -0.15) is 10.4 Å². The largest absolute Gasteiger partial charge is 0.287 e. The van der Waals surface area contributed by atoms with E-state index in [1.54, 1.807) is 35.3 Å². The Labute approximate surface area is 131 Å². The number of aromatic nitrogens is 2. The summed E-state index contributed by atoms with van der Waals surface area (Å²) in [5.41, 5.74) is 1.74. The number of para-hydroxylation sites is 1. The molecule has 0 spiro atoms. The third-order valence-corrected chi connectivity index (χ3v) is 3.91. The summed E-state index contributed by atoms with van der Waals surface area (Å²) in [5.74, 6) is -0.259. The van der Waals surface area contributed by atoms with Crippen LogP contribution in [0.1, 0.15) is 15.2 Å². The minimum Gasteiger partial charge on any atom is -0.287 e. The van der Waals surface area contributed by atoms with Crippen LogP contribution >= 0.6 is 11.3 Å². The molecule has 0 bridgehead atoms. The molecule has 0 saturated carbocycles. The van der Waals surface area contributed by atoms with E-state index in [1.165, 1.54) is 11.3 Å². The Morgan fingerprint density at radius 2 is 2.05 bits per heavy atom. The number of Topliss-reactive ketones (excluding diaryl/α,β-unsaturated/α-hetero) is 1. The van der Waals surface area contributed by atoms with Crippen LogP contribution in [-0.4, -0.2) is 15.6 Å². The maximum Gasteiger partial charge on any atom is 0.213 e. The number of nitriles is 1. The summed E-state index contributed by atoms with van der Waals surface area (Å²) >= 11 is 1.33. The molecular formula is C17H11N3OS. The van der Waals surface area contributed by atoms with Crippen molar-refractivity contribution in [1.82, 2.24) is 9.78 Å². The summed E-state index contributed by atoms with van der Waals surface area (Å²) in [4.78, 5) is 12.8. The molecule has 0 aliphatic carbocycles. The van der Waals surface area contributed by atoms with E-state index in [2.05, 4.69) is 5.10 Å². The Morgan fingerprint density at radius 1 is 1.23 bits per heavy atom. The van der Waals surface area contributed by atoms with E-state index in [-0.39, 0.29) is 11.4 Å². The van der Waals surface area contributed by atoms with Crippen LogP contribution in [0.5, 0.6) is 0 Å². The highest BCUT2D eigenvalue weighted by molar-refractivity contribution is 7.12. The van der Waals surface area contributed by atoms with Gasteiger partial charge in [0.25, 0.3) is 0 Å². The second-order valence-corrected chi connectivity index (χ2v) is 5.48. The van der Waals surface area contributed by atoms with E-state index < -0.39 is 0 Å².